The lowest BCUT2D eigenvalue weighted by Crippen LogP contribution is -2.43. The van der Waals surface area contributed by atoms with Crippen LogP contribution < -0.4 is 10.6 Å². The summed E-state index contributed by atoms with van der Waals surface area (Å²) in [5.41, 5.74) is 0.920. The molecule has 9 heteroatoms. The second-order valence-corrected chi connectivity index (χ2v) is 6.04. The largest absolute Gasteiger partial charge is 0.368 e. The van der Waals surface area contributed by atoms with Gasteiger partial charge in [0, 0.05) is 32.5 Å². The van der Waals surface area contributed by atoms with Crippen LogP contribution in [0.1, 0.15) is 28.0 Å². The number of ether oxygens (including phenoxy) is 1. The maximum Gasteiger partial charge on any atom is 0.345 e. The molecule has 0 bridgehead atoms. The minimum atomic E-state index is -0.528. The molecule has 1 N–H and O–H groups in total. The smallest absolute Gasteiger partial charge is 0.345 e. The van der Waals surface area contributed by atoms with Crippen molar-refractivity contribution >= 4 is 11.9 Å². The number of hydrogen-bond donors (Lipinski definition) is 1. The normalized spacial score (nSPS) is 17.4. The molecule has 132 valence electrons. The number of aromatic amines is 1. The van der Waals surface area contributed by atoms with Crippen molar-refractivity contribution < 1.29 is 9.53 Å². The number of anilines is 1. The molecule has 0 saturated carbocycles. The summed E-state index contributed by atoms with van der Waals surface area (Å²) in [4.78, 5) is 42.6. The van der Waals surface area contributed by atoms with E-state index < -0.39 is 5.69 Å². The van der Waals surface area contributed by atoms with E-state index in [0.717, 1.165) is 0 Å². The molecule has 2 aromatic heterocycles. The molecule has 0 radical (unpaired) electrons. The first-order valence-corrected chi connectivity index (χ1v) is 7.93. The summed E-state index contributed by atoms with van der Waals surface area (Å²) in [5.74, 6) is 0.292. The summed E-state index contributed by atoms with van der Waals surface area (Å²) in [7, 11) is 3.72. The Hall–Kier alpha value is -2.81. The lowest BCUT2D eigenvalue weighted by Gasteiger charge is -2.32. The van der Waals surface area contributed by atoms with Crippen LogP contribution in [0.5, 0.6) is 0 Å². The molecular weight excluding hydrogens is 324 g/mol. The molecule has 2 aromatic rings. The number of rotatable bonds is 3. The first kappa shape index (κ1) is 17.0. The fourth-order valence-corrected chi connectivity index (χ4v) is 2.62. The van der Waals surface area contributed by atoms with E-state index in [4.69, 9.17) is 4.74 Å². The predicted molar refractivity (Wildman–Crippen MR) is 90.6 cm³/mol. The topological polar surface area (TPSA) is 104 Å². The van der Waals surface area contributed by atoms with Gasteiger partial charge in [-0.25, -0.2) is 14.8 Å². The number of hydrogen-bond acceptors (Lipinski definition) is 7. The van der Waals surface area contributed by atoms with Crippen LogP contribution in [0.4, 0.5) is 5.95 Å². The molecule has 1 aliphatic rings. The highest BCUT2D eigenvalue weighted by Gasteiger charge is 2.28. The number of carbonyl (C=O) groups excluding carboxylic acids is 1. The highest BCUT2D eigenvalue weighted by molar-refractivity contribution is 5.92. The Labute approximate surface area is 144 Å². The van der Waals surface area contributed by atoms with E-state index in [0.29, 0.717) is 37.0 Å². The second-order valence-electron chi connectivity index (χ2n) is 6.04. The highest BCUT2D eigenvalue weighted by Crippen LogP contribution is 2.22. The van der Waals surface area contributed by atoms with Crippen molar-refractivity contribution in [2.45, 2.75) is 13.0 Å². The van der Waals surface area contributed by atoms with Crippen molar-refractivity contribution in [3.63, 3.8) is 0 Å². The van der Waals surface area contributed by atoms with Gasteiger partial charge in [-0.1, -0.05) is 0 Å². The van der Waals surface area contributed by atoms with Gasteiger partial charge in [0.05, 0.1) is 18.8 Å². The molecule has 1 unspecified atom stereocenters. The Morgan fingerprint density at radius 3 is 2.92 bits per heavy atom. The van der Waals surface area contributed by atoms with Crippen molar-refractivity contribution in [3.05, 3.63) is 45.9 Å². The van der Waals surface area contributed by atoms with Gasteiger partial charge in [-0.2, -0.15) is 4.98 Å². The van der Waals surface area contributed by atoms with Gasteiger partial charge >= 0.3 is 5.69 Å². The van der Waals surface area contributed by atoms with Crippen molar-refractivity contribution in [2.24, 2.45) is 0 Å². The summed E-state index contributed by atoms with van der Waals surface area (Å²) in [6.45, 7) is 2.89. The van der Waals surface area contributed by atoms with Crippen LogP contribution in [0, 0.1) is 6.92 Å². The van der Waals surface area contributed by atoms with Gasteiger partial charge in [0.15, 0.2) is 0 Å². The molecule has 0 spiro atoms. The van der Waals surface area contributed by atoms with Gasteiger partial charge in [-0.15, -0.1) is 0 Å². The first-order chi connectivity index (χ1) is 11.9. The van der Waals surface area contributed by atoms with E-state index in [-0.39, 0.29) is 17.7 Å². The van der Waals surface area contributed by atoms with Crippen LogP contribution in [0.15, 0.2) is 23.1 Å². The number of morpholine rings is 1. The molecule has 0 aliphatic carbocycles. The molecule has 1 aliphatic heterocycles. The van der Waals surface area contributed by atoms with E-state index in [2.05, 4.69) is 19.9 Å². The van der Waals surface area contributed by atoms with Crippen LogP contribution in [0.2, 0.25) is 0 Å². The third kappa shape index (κ3) is 3.82. The van der Waals surface area contributed by atoms with Gasteiger partial charge < -0.3 is 19.5 Å². The Kier molecular flexibility index (Phi) is 4.75. The van der Waals surface area contributed by atoms with Crippen molar-refractivity contribution in [2.75, 3.05) is 38.7 Å². The quantitative estimate of drug-likeness (QED) is 0.845. The molecule has 3 rings (SSSR count). The van der Waals surface area contributed by atoms with E-state index in [9.17, 15) is 9.59 Å². The lowest BCUT2D eigenvalue weighted by atomic mass is 10.2. The number of carbonyl (C=O) groups is 1. The maximum atomic E-state index is 12.7. The highest BCUT2D eigenvalue weighted by atomic mass is 16.5. The molecule has 1 saturated heterocycles. The standard InChI is InChI=1S/C16H20N6O3/c1-10-8-12(20-16(24)18-10)14(23)22-6-7-25-13(9-22)11-4-5-17-15(19-11)21(2)3/h4-5,8,13H,6-7,9H2,1-3H3,(H,18,20,24). The minimum absolute atomic E-state index is 0.138. The average Bonchev–Trinajstić information content (AvgIpc) is 2.60. The van der Waals surface area contributed by atoms with E-state index >= 15 is 0 Å². The second kappa shape index (κ2) is 6.98. The monoisotopic (exact) mass is 344 g/mol. The van der Waals surface area contributed by atoms with Gasteiger partial charge in [0.25, 0.3) is 5.91 Å². The van der Waals surface area contributed by atoms with Gasteiger partial charge in [-0.3, -0.25) is 4.79 Å². The molecule has 3 heterocycles. The Morgan fingerprint density at radius 1 is 1.40 bits per heavy atom. The van der Waals surface area contributed by atoms with Gasteiger partial charge in [0.2, 0.25) is 5.95 Å². The maximum absolute atomic E-state index is 12.7. The molecule has 1 amide bonds. The predicted octanol–water partition coefficient (Wildman–Crippen LogP) is 0.148. The van der Waals surface area contributed by atoms with Crippen LogP contribution in [0.3, 0.4) is 0 Å². The number of H-pyrrole nitrogens is 1. The summed E-state index contributed by atoms with van der Waals surface area (Å²) in [5, 5.41) is 0. The molecule has 25 heavy (non-hydrogen) atoms. The SMILES string of the molecule is Cc1cc(C(=O)N2CCOC(c3ccnc(N(C)C)n3)C2)nc(=O)[nH]1. The summed E-state index contributed by atoms with van der Waals surface area (Å²) in [6.07, 6.45) is 1.33. The molecule has 1 fully saturated rings. The van der Waals surface area contributed by atoms with E-state index in [1.807, 2.05) is 14.1 Å². The third-order valence-electron chi connectivity index (χ3n) is 3.85. The Bertz CT molecular complexity index is 835. The molecule has 9 nitrogen and oxygen atoms in total. The van der Waals surface area contributed by atoms with Gasteiger partial charge in [0.1, 0.15) is 11.8 Å². The average molecular weight is 344 g/mol. The van der Waals surface area contributed by atoms with E-state index in [1.165, 1.54) is 0 Å². The molecule has 0 aromatic carbocycles. The lowest BCUT2D eigenvalue weighted by molar-refractivity contribution is -0.0249. The summed E-state index contributed by atoms with van der Waals surface area (Å²) in [6, 6.07) is 3.35. The van der Waals surface area contributed by atoms with Crippen LogP contribution >= 0.6 is 0 Å². The van der Waals surface area contributed by atoms with E-state index in [1.54, 1.807) is 35.1 Å². The zero-order chi connectivity index (χ0) is 18.0. The fourth-order valence-electron chi connectivity index (χ4n) is 2.62. The van der Waals surface area contributed by atoms with Crippen LogP contribution in [0.25, 0.3) is 0 Å². The number of aromatic nitrogens is 4. The molecule has 1 atom stereocenters. The number of amides is 1. The van der Waals surface area contributed by atoms with Crippen molar-refractivity contribution in [3.8, 4) is 0 Å². The Balaban J connectivity index is 1.80. The number of nitrogens with one attached hydrogen (secondary N) is 1. The van der Waals surface area contributed by atoms with Gasteiger partial charge in [-0.05, 0) is 19.1 Å². The summed E-state index contributed by atoms with van der Waals surface area (Å²) >= 11 is 0. The zero-order valence-corrected chi connectivity index (χ0v) is 14.4. The molecular formula is C16H20N6O3. The number of nitrogens with zero attached hydrogens (tertiary/aromatic N) is 5. The number of aryl methyl sites for hydroxylation is 1. The summed E-state index contributed by atoms with van der Waals surface area (Å²) < 4.78 is 5.77. The van der Waals surface area contributed by atoms with Crippen LogP contribution in [-0.2, 0) is 4.74 Å². The fraction of sp³-hybridized carbons (Fsp3) is 0.438. The van der Waals surface area contributed by atoms with Crippen molar-refractivity contribution in [1.82, 2.24) is 24.8 Å². The zero-order valence-electron chi connectivity index (χ0n) is 14.4. The van der Waals surface area contributed by atoms with Crippen LogP contribution in [-0.4, -0.2) is 64.5 Å². The van der Waals surface area contributed by atoms with Crippen molar-refractivity contribution in [1.29, 1.82) is 0 Å². The Morgan fingerprint density at radius 2 is 2.20 bits per heavy atom. The minimum Gasteiger partial charge on any atom is -0.368 e. The first-order valence-electron chi connectivity index (χ1n) is 7.93. The third-order valence-corrected chi connectivity index (χ3v) is 3.85.